The largest absolute Gasteiger partial charge is 0.103 e. The quantitative estimate of drug-likeness (QED) is 0.405. The normalized spacial score (nSPS) is 19.6. The second-order valence-corrected chi connectivity index (χ2v) is 5.54. The van der Waals surface area contributed by atoms with E-state index in [1.807, 2.05) is 6.08 Å². The Labute approximate surface area is 78.2 Å². The molecule has 0 fully saturated rings. The molecule has 0 N–H and O–H groups in total. The number of rotatable bonds is 4. The first kappa shape index (κ1) is 10.5. The number of halogens is 1. The van der Waals surface area contributed by atoms with Gasteiger partial charge in [0.2, 0.25) is 0 Å². The lowest BCUT2D eigenvalue weighted by Gasteiger charge is -2.27. The van der Waals surface area contributed by atoms with Crippen LogP contribution in [-0.2, 0) is 0 Å². The minimum atomic E-state index is 0.411. The Balaban J connectivity index is 3.94. The molecular weight excluding hydrogens is 235 g/mol. The van der Waals surface area contributed by atoms with Gasteiger partial charge < -0.3 is 0 Å². The molecule has 2 atom stereocenters. The molecule has 0 heterocycles. The lowest BCUT2D eigenvalue weighted by Crippen LogP contribution is -2.23. The van der Waals surface area contributed by atoms with Crippen LogP contribution in [0.15, 0.2) is 12.7 Å². The van der Waals surface area contributed by atoms with Crippen LogP contribution in [0.25, 0.3) is 0 Å². The van der Waals surface area contributed by atoms with Crippen molar-refractivity contribution in [1.82, 2.24) is 0 Å². The third-order valence-electron chi connectivity index (χ3n) is 2.18. The highest BCUT2D eigenvalue weighted by atomic mass is 127. The van der Waals surface area contributed by atoms with Crippen molar-refractivity contribution in [3.63, 3.8) is 0 Å². The Morgan fingerprint density at radius 2 is 2.20 bits per heavy atom. The van der Waals surface area contributed by atoms with Gasteiger partial charge >= 0.3 is 0 Å². The van der Waals surface area contributed by atoms with Crippen LogP contribution in [0.3, 0.4) is 0 Å². The van der Waals surface area contributed by atoms with Crippen molar-refractivity contribution in [2.75, 3.05) is 0 Å². The van der Waals surface area contributed by atoms with E-state index >= 15 is 0 Å². The van der Waals surface area contributed by atoms with E-state index in [1.165, 1.54) is 6.42 Å². The number of allylic oxidation sites excluding steroid dienone is 1. The molecule has 0 bridgehead atoms. The molecule has 0 aromatic heterocycles. The van der Waals surface area contributed by atoms with E-state index < -0.39 is 0 Å². The van der Waals surface area contributed by atoms with Crippen molar-refractivity contribution < 1.29 is 0 Å². The van der Waals surface area contributed by atoms with Crippen molar-refractivity contribution in [3.05, 3.63) is 12.7 Å². The molecule has 0 saturated carbocycles. The molecule has 0 nitrogen and oxygen atoms in total. The summed E-state index contributed by atoms with van der Waals surface area (Å²) < 4.78 is 0.411. The molecule has 1 unspecified atom stereocenters. The summed E-state index contributed by atoms with van der Waals surface area (Å²) in [5.41, 5.74) is 0. The summed E-state index contributed by atoms with van der Waals surface area (Å²) in [6.45, 7) is 10.6. The molecule has 0 rings (SSSR count). The second-order valence-electron chi connectivity index (χ2n) is 3.08. The number of hydrogen-bond acceptors (Lipinski definition) is 0. The summed E-state index contributed by atoms with van der Waals surface area (Å²) in [4.78, 5) is 0. The molecule has 0 amide bonds. The van der Waals surface area contributed by atoms with E-state index in [0.717, 1.165) is 12.3 Å². The van der Waals surface area contributed by atoms with Crippen LogP contribution in [0.4, 0.5) is 0 Å². The highest BCUT2D eigenvalue weighted by Gasteiger charge is 2.24. The molecule has 0 saturated heterocycles. The summed E-state index contributed by atoms with van der Waals surface area (Å²) in [6.07, 6.45) is 4.38. The fourth-order valence-corrected chi connectivity index (χ4v) is 1.66. The maximum Gasteiger partial charge on any atom is 0.0253 e. The minimum absolute atomic E-state index is 0.411. The Hall–Kier alpha value is 0.470. The van der Waals surface area contributed by atoms with Crippen LogP contribution in [0.2, 0.25) is 0 Å². The minimum Gasteiger partial charge on any atom is -0.103 e. The summed E-state index contributed by atoms with van der Waals surface area (Å²) >= 11 is 2.53. The fraction of sp³-hybridized carbons (Fsp3) is 0.778. The smallest absolute Gasteiger partial charge is 0.0253 e. The zero-order valence-electron chi connectivity index (χ0n) is 7.15. The van der Waals surface area contributed by atoms with Crippen molar-refractivity contribution in [2.24, 2.45) is 5.92 Å². The average molecular weight is 252 g/mol. The fourth-order valence-electron chi connectivity index (χ4n) is 0.909. The monoisotopic (exact) mass is 252 g/mol. The molecule has 0 aliphatic heterocycles. The summed E-state index contributed by atoms with van der Waals surface area (Å²) in [7, 11) is 0. The van der Waals surface area contributed by atoms with Crippen LogP contribution >= 0.6 is 22.6 Å². The molecule has 10 heavy (non-hydrogen) atoms. The summed E-state index contributed by atoms with van der Waals surface area (Å²) in [5, 5.41) is 0. The highest BCUT2D eigenvalue weighted by molar-refractivity contribution is 14.1. The van der Waals surface area contributed by atoms with Crippen molar-refractivity contribution in [3.8, 4) is 0 Å². The van der Waals surface area contributed by atoms with Gasteiger partial charge in [0.1, 0.15) is 0 Å². The van der Waals surface area contributed by atoms with Crippen LogP contribution in [0, 0.1) is 5.92 Å². The maximum absolute atomic E-state index is 3.76. The zero-order chi connectivity index (χ0) is 8.20. The first-order chi connectivity index (χ1) is 4.54. The highest BCUT2D eigenvalue weighted by Crippen LogP contribution is 2.33. The molecule has 0 spiro atoms. The topological polar surface area (TPSA) is 0 Å². The van der Waals surface area contributed by atoms with Gasteiger partial charge in [-0.15, -0.1) is 6.58 Å². The van der Waals surface area contributed by atoms with Gasteiger partial charge in [-0.3, -0.25) is 0 Å². The van der Waals surface area contributed by atoms with E-state index in [1.54, 1.807) is 0 Å². The average Bonchev–Trinajstić information content (AvgIpc) is 1.86. The third kappa shape index (κ3) is 3.04. The standard InChI is InChI=1S/C9H17I/c1-5-7-9(4,10)8(3)6-2/h5,8H,1,6-7H2,2-4H3/t8?,9-/m0/s1. The molecule has 0 radical (unpaired) electrons. The van der Waals surface area contributed by atoms with Crippen molar-refractivity contribution in [2.45, 2.75) is 37.0 Å². The van der Waals surface area contributed by atoms with Gasteiger partial charge in [-0.25, -0.2) is 0 Å². The Kier molecular flexibility index (Phi) is 4.57. The van der Waals surface area contributed by atoms with Gasteiger partial charge in [0, 0.05) is 3.42 Å². The van der Waals surface area contributed by atoms with Gasteiger partial charge in [-0.1, -0.05) is 48.9 Å². The lowest BCUT2D eigenvalue weighted by atomic mass is 9.91. The van der Waals surface area contributed by atoms with Crippen LogP contribution < -0.4 is 0 Å². The van der Waals surface area contributed by atoms with Gasteiger partial charge in [0.05, 0.1) is 0 Å². The third-order valence-corrected chi connectivity index (χ3v) is 3.69. The zero-order valence-corrected chi connectivity index (χ0v) is 9.31. The molecular formula is C9H17I. The predicted molar refractivity (Wildman–Crippen MR) is 56.7 cm³/mol. The van der Waals surface area contributed by atoms with Gasteiger partial charge in [0.15, 0.2) is 0 Å². The first-order valence-corrected chi connectivity index (χ1v) is 4.92. The van der Waals surface area contributed by atoms with Crippen molar-refractivity contribution in [1.29, 1.82) is 0 Å². The van der Waals surface area contributed by atoms with E-state index in [-0.39, 0.29) is 0 Å². The van der Waals surface area contributed by atoms with E-state index in [2.05, 4.69) is 49.9 Å². The van der Waals surface area contributed by atoms with Gasteiger partial charge in [-0.05, 0) is 19.3 Å². The van der Waals surface area contributed by atoms with Gasteiger partial charge in [0.25, 0.3) is 0 Å². The Morgan fingerprint density at radius 1 is 1.70 bits per heavy atom. The number of alkyl halides is 1. The predicted octanol–water partition coefficient (Wildman–Crippen LogP) is 3.80. The SMILES string of the molecule is C=CC[C@](C)(I)C(C)CC. The Bertz CT molecular complexity index is 105. The lowest BCUT2D eigenvalue weighted by molar-refractivity contribution is 0.443. The van der Waals surface area contributed by atoms with Crippen molar-refractivity contribution >= 4 is 22.6 Å². The van der Waals surface area contributed by atoms with Gasteiger partial charge in [-0.2, -0.15) is 0 Å². The molecule has 0 aliphatic rings. The second kappa shape index (κ2) is 4.37. The van der Waals surface area contributed by atoms with Crippen LogP contribution in [-0.4, -0.2) is 3.42 Å². The molecule has 60 valence electrons. The van der Waals surface area contributed by atoms with E-state index in [4.69, 9.17) is 0 Å². The first-order valence-electron chi connectivity index (χ1n) is 3.84. The number of hydrogen-bond donors (Lipinski definition) is 0. The molecule has 0 aromatic rings. The Morgan fingerprint density at radius 3 is 2.50 bits per heavy atom. The van der Waals surface area contributed by atoms with Crippen LogP contribution in [0.1, 0.15) is 33.6 Å². The molecule has 1 heteroatoms. The van der Waals surface area contributed by atoms with Crippen LogP contribution in [0.5, 0.6) is 0 Å². The maximum atomic E-state index is 3.76. The molecule has 0 aliphatic carbocycles. The van der Waals surface area contributed by atoms with E-state index in [9.17, 15) is 0 Å². The summed E-state index contributed by atoms with van der Waals surface area (Å²) in [6, 6.07) is 0. The summed E-state index contributed by atoms with van der Waals surface area (Å²) in [5.74, 6) is 0.783. The molecule has 0 aromatic carbocycles. The van der Waals surface area contributed by atoms with E-state index in [0.29, 0.717) is 3.42 Å².